The van der Waals surface area contributed by atoms with Gasteiger partial charge in [0.2, 0.25) is 5.52 Å². The molecule has 0 N–H and O–H groups in total. The molecule has 0 atom stereocenters. The van der Waals surface area contributed by atoms with Crippen LogP contribution in [0.5, 0.6) is 0 Å². The summed E-state index contributed by atoms with van der Waals surface area (Å²) >= 11 is 0. The normalized spacial score (nSPS) is 11.6. The minimum absolute atomic E-state index is 0.0475. The van der Waals surface area contributed by atoms with Gasteiger partial charge < -0.3 is 0 Å². The van der Waals surface area contributed by atoms with Crippen LogP contribution in [0.15, 0.2) is 24.3 Å². The Morgan fingerprint density at radius 2 is 1.47 bits per heavy atom. The first-order chi connectivity index (χ1) is 7.69. The third-order valence-electron chi connectivity index (χ3n) is 1.73. The van der Waals surface area contributed by atoms with E-state index in [9.17, 15) is 9.36 Å². The van der Waals surface area contributed by atoms with Crippen molar-refractivity contribution in [3.8, 4) is 0 Å². The lowest BCUT2D eigenvalue weighted by Gasteiger charge is -2.19. The molecular weight excluding hydrogens is 239 g/mol. The Hall–Kier alpha value is -0.700. The van der Waals surface area contributed by atoms with Crippen LogP contribution in [-0.2, 0) is 18.4 Å². The van der Waals surface area contributed by atoms with Gasteiger partial charge in [0.15, 0.2) is 0 Å². The Morgan fingerprint density at radius 3 is 1.71 bits per heavy atom. The van der Waals surface area contributed by atoms with Crippen molar-refractivity contribution in [1.82, 2.24) is 0 Å². The lowest BCUT2D eigenvalue weighted by atomic mass is 10.3. The van der Waals surface area contributed by atoms with Crippen molar-refractivity contribution in [3.05, 3.63) is 24.3 Å². The molecule has 0 bridgehead atoms. The van der Waals surface area contributed by atoms with E-state index in [1.807, 2.05) is 0 Å². The van der Waals surface area contributed by atoms with E-state index in [1.165, 1.54) is 0 Å². The Bertz CT molecular complexity index is 336. The van der Waals surface area contributed by atoms with Gasteiger partial charge in [0.25, 0.3) is 0 Å². The van der Waals surface area contributed by atoms with Crippen molar-refractivity contribution in [2.45, 2.75) is 27.7 Å². The molecule has 0 aromatic carbocycles. The summed E-state index contributed by atoms with van der Waals surface area (Å²) in [5.41, 5.74) is 0.849. The second-order valence-electron chi connectivity index (χ2n) is 4.45. The van der Waals surface area contributed by atoms with Gasteiger partial charge in [0, 0.05) is 5.92 Å². The van der Waals surface area contributed by atoms with Gasteiger partial charge >= 0.3 is 7.60 Å². The SMILES string of the molecule is C=C(C)COP(=O)(OCC(=C)C)C(=O)C(C)C. The van der Waals surface area contributed by atoms with Gasteiger partial charge in [-0.05, 0) is 13.8 Å². The van der Waals surface area contributed by atoms with Crippen LogP contribution < -0.4 is 0 Å². The fourth-order valence-electron chi connectivity index (χ4n) is 0.871. The summed E-state index contributed by atoms with van der Waals surface area (Å²) in [6.45, 7) is 14.1. The maximum atomic E-state index is 12.3. The van der Waals surface area contributed by atoms with Gasteiger partial charge in [0.05, 0.1) is 13.2 Å². The number of carbonyl (C=O) groups excluding carboxylic acids is 1. The van der Waals surface area contributed by atoms with E-state index < -0.39 is 19.0 Å². The van der Waals surface area contributed by atoms with Gasteiger partial charge in [-0.2, -0.15) is 0 Å². The van der Waals surface area contributed by atoms with E-state index in [0.29, 0.717) is 11.1 Å². The molecule has 0 aliphatic carbocycles. The second-order valence-corrected chi connectivity index (χ2v) is 6.40. The van der Waals surface area contributed by atoms with Crippen LogP contribution in [0, 0.1) is 5.92 Å². The quantitative estimate of drug-likeness (QED) is 0.494. The summed E-state index contributed by atoms with van der Waals surface area (Å²) in [6, 6.07) is 0. The highest BCUT2D eigenvalue weighted by molar-refractivity contribution is 7.71. The highest BCUT2D eigenvalue weighted by Crippen LogP contribution is 2.51. The van der Waals surface area contributed by atoms with Crippen molar-refractivity contribution in [1.29, 1.82) is 0 Å². The third kappa shape index (κ3) is 5.97. The van der Waals surface area contributed by atoms with E-state index in [4.69, 9.17) is 9.05 Å². The topological polar surface area (TPSA) is 52.6 Å². The zero-order valence-corrected chi connectivity index (χ0v) is 11.9. The fraction of sp³-hybridized carbons (Fsp3) is 0.583. The van der Waals surface area contributed by atoms with Gasteiger partial charge in [-0.1, -0.05) is 38.2 Å². The number of rotatable bonds is 8. The summed E-state index contributed by atoms with van der Waals surface area (Å²) in [4.78, 5) is 11.8. The second kappa shape index (κ2) is 6.90. The molecule has 0 fully saturated rings. The smallest absolute Gasteiger partial charge is 0.299 e. The monoisotopic (exact) mass is 260 g/mol. The maximum absolute atomic E-state index is 12.3. The Kier molecular flexibility index (Phi) is 6.61. The van der Waals surface area contributed by atoms with Gasteiger partial charge in [-0.3, -0.25) is 18.4 Å². The molecule has 0 rings (SSSR count). The average molecular weight is 260 g/mol. The van der Waals surface area contributed by atoms with Crippen molar-refractivity contribution >= 4 is 13.1 Å². The van der Waals surface area contributed by atoms with Crippen LogP contribution in [-0.4, -0.2) is 18.7 Å². The van der Waals surface area contributed by atoms with Crippen molar-refractivity contribution in [2.24, 2.45) is 5.92 Å². The zero-order chi connectivity index (χ0) is 13.6. The molecule has 0 spiro atoms. The molecule has 0 aromatic rings. The minimum Gasteiger partial charge on any atom is -0.299 e. The zero-order valence-electron chi connectivity index (χ0n) is 11.0. The first kappa shape index (κ1) is 16.3. The predicted octanol–water partition coefficient (Wildman–Crippen LogP) is 3.55. The number of hydrogen-bond acceptors (Lipinski definition) is 4. The summed E-state index contributed by atoms with van der Waals surface area (Å²) in [6.07, 6.45) is 0. The fourth-order valence-corrected chi connectivity index (χ4v) is 2.61. The molecule has 98 valence electrons. The Morgan fingerprint density at radius 1 is 1.12 bits per heavy atom. The van der Waals surface area contributed by atoms with Crippen LogP contribution in [0.4, 0.5) is 0 Å². The average Bonchev–Trinajstić information content (AvgIpc) is 2.22. The molecule has 0 aromatic heterocycles. The predicted molar refractivity (Wildman–Crippen MR) is 69.0 cm³/mol. The molecule has 0 radical (unpaired) electrons. The van der Waals surface area contributed by atoms with E-state index >= 15 is 0 Å². The molecule has 0 saturated heterocycles. The minimum atomic E-state index is -3.73. The lowest BCUT2D eigenvalue weighted by Crippen LogP contribution is -2.14. The van der Waals surface area contributed by atoms with Crippen LogP contribution in [0.2, 0.25) is 0 Å². The van der Waals surface area contributed by atoms with E-state index in [2.05, 4.69) is 13.2 Å². The number of hydrogen-bond donors (Lipinski definition) is 0. The molecule has 0 aliphatic heterocycles. The van der Waals surface area contributed by atoms with Gasteiger partial charge in [-0.15, -0.1) is 0 Å². The summed E-state index contributed by atoms with van der Waals surface area (Å²) in [5, 5.41) is 0. The maximum Gasteiger partial charge on any atom is 0.397 e. The van der Waals surface area contributed by atoms with Crippen molar-refractivity contribution in [2.75, 3.05) is 13.2 Å². The molecule has 0 heterocycles. The summed E-state index contributed by atoms with van der Waals surface area (Å²) in [5.74, 6) is -0.406. The van der Waals surface area contributed by atoms with Gasteiger partial charge in [0.1, 0.15) is 0 Å². The van der Waals surface area contributed by atoms with Crippen LogP contribution in [0.3, 0.4) is 0 Å². The highest BCUT2D eigenvalue weighted by Gasteiger charge is 2.36. The molecule has 0 aliphatic rings. The van der Waals surface area contributed by atoms with Crippen molar-refractivity contribution in [3.63, 3.8) is 0 Å². The molecule has 0 saturated carbocycles. The standard InChI is InChI=1S/C12H21O4P/c1-9(2)7-15-17(14,12(13)11(5)6)16-8-10(3)4/h11H,1,3,7-8H2,2,4-6H3. The molecule has 4 nitrogen and oxygen atoms in total. The molecule has 0 amide bonds. The number of carbonyl (C=O) groups is 1. The summed E-state index contributed by atoms with van der Waals surface area (Å²) < 4.78 is 22.5. The van der Waals surface area contributed by atoms with Crippen LogP contribution >= 0.6 is 7.60 Å². The molecule has 5 heteroatoms. The van der Waals surface area contributed by atoms with Crippen molar-refractivity contribution < 1.29 is 18.4 Å². The summed E-state index contributed by atoms with van der Waals surface area (Å²) in [7, 11) is -3.73. The molecule has 0 unspecified atom stereocenters. The largest absolute Gasteiger partial charge is 0.397 e. The first-order valence-corrected chi connectivity index (χ1v) is 6.95. The first-order valence-electron chi connectivity index (χ1n) is 5.41. The lowest BCUT2D eigenvalue weighted by molar-refractivity contribution is -0.116. The third-order valence-corrected chi connectivity index (χ3v) is 3.72. The van der Waals surface area contributed by atoms with E-state index in [0.717, 1.165) is 0 Å². The van der Waals surface area contributed by atoms with Crippen LogP contribution in [0.1, 0.15) is 27.7 Å². The van der Waals surface area contributed by atoms with Gasteiger partial charge in [-0.25, -0.2) is 0 Å². The molecular formula is C12H21O4P. The van der Waals surface area contributed by atoms with E-state index in [1.54, 1.807) is 27.7 Å². The molecule has 17 heavy (non-hydrogen) atoms. The highest BCUT2D eigenvalue weighted by atomic mass is 31.2. The Balaban J connectivity index is 4.80. The Labute approximate surface area is 103 Å². The van der Waals surface area contributed by atoms with Crippen LogP contribution in [0.25, 0.3) is 0 Å². The van der Waals surface area contributed by atoms with E-state index in [-0.39, 0.29) is 13.2 Å².